The Bertz CT molecular complexity index is 1270. The number of anilines is 2. The molecule has 0 saturated heterocycles. The lowest BCUT2D eigenvalue weighted by atomic mass is 9.89. The molecule has 1 amide bonds. The van der Waals surface area contributed by atoms with E-state index in [9.17, 15) is 13.2 Å². The van der Waals surface area contributed by atoms with Crippen LogP contribution in [0.2, 0.25) is 5.15 Å². The number of carbonyl (C=O) groups is 1. The van der Waals surface area contributed by atoms with E-state index in [1.165, 1.54) is 17.5 Å². The van der Waals surface area contributed by atoms with Crippen molar-refractivity contribution in [2.24, 2.45) is 0 Å². The fourth-order valence-electron chi connectivity index (χ4n) is 3.01. The van der Waals surface area contributed by atoms with Crippen LogP contribution in [-0.4, -0.2) is 34.5 Å². The van der Waals surface area contributed by atoms with E-state index in [1.54, 1.807) is 31.4 Å². The Balaban J connectivity index is 1.46. The summed E-state index contributed by atoms with van der Waals surface area (Å²) in [5.41, 5.74) is 2.41. The summed E-state index contributed by atoms with van der Waals surface area (Å²) < 4.78 is 26.8. The first-order valence-corrected chi connectivity index (χ1v) is 12.8. The highest BCUT2D eigenvalue weighted by molar-refractivity contribution is 7.93. The number of nitrogens with one attached hydrogen (secondary N) is 2. The van der Waals surface area contributed by atoms with Gasteiger partial charge >= 0.3 is 0 Å². The van der Waals surface area contributed by atoms with Crippen molar-refractivity contribution in [2.45, 2.75) is 44.3 Å². The Kier molecular flexibility index (Phi) is 5.95. The van der Waals surface area contributed by atoms with Crippen molar-refractivity contribution < 1.29 is 13.2 Å². The maximum Gasteiger partial charge on any atom is 0.237 e. The van der Waals surface area contributed by atoms with E-state index in [2.05, 4.69) is 25.0 Å². The number of hydrogen-bond donors (Lipinski definition) is 2. The molecule has 0 bridgehead atoms. The zero-order valence-electron chi connectivity index (χ0n) is 17.7. The molecular weight excluding hydrogens is 470 g/mol. The highest BCUT2D eigenvalue weighted by atomic mass is 35.5. The third-order valence-electron chi connectivity index (χ3n) is 5.25. The van der Waals surface area contributed by atoms with Gasteiger partial charge in [-0.05, 0) is 45.7 Å². The second-order valence-corrected chi connectivity index (χ2v) is 11.4. The quantitative estimate of drug-likeness (QED) is 0.506. The average Bonchev–Trinajstić information content (AvgIpc) is 3.51. The van der Waals surface area contributed by atoms with Gasteiger partial charge in [-0.1, -0.05) is 23.7 Å². The van der Waals surface area contributed by atoms with E-state index in [1.807, 2.05) is 19.1 Å². The topological polar surface area (TPSA) is 114 Å². The molecule has 11 heteroatoms. The summed E-state index contributed by atoms with van der Waals surface area (Å²) in [6, 6.07) is 7.23. The maximum atomic E-state index is 13.0. The van der Waals surface area contributed by atoms with Gasteiger partial charge in [0.1, 0.15) is 5.15 Å². The van der Waals surface area contributed by atoms with Gasteiger partial charge in [0.25, 0.3) is 0 Å². The van der Waals surface area contributed by atoms with Gasteiger partial charge in [0.05, 0.1) is 33.9 Å². The molecule has 168 valence electrons. The predicted molar refractivity (Wildman–Crippen MR) is 127 cm³/mol. The summed E-state index contributed by atoms with van der Waals surface area (Å²) in [5.74, 6) is -0.258. The molecule has 0 spiro atoms. The Labute approximate surface area is 195 Å². The fraction of sp³-hybridized carbons (Fsp3) is 0.333. The van der Waals surface area contributed by atoms with Gasteiger partial charge in [-0.15, -0.1) is 11.3 Å². The van der Waals surface area contributed by atoms with Crippen LogP contribution in [0.5, 0.6) is 0 Å². The highest BCUT2D eigenvalue weighted by Crippen LogP contribution is 2.33. The summed E-state index contributed by atoms with van der Waals surface area (Å²) in [5, 5.41) is 4.85. The van der Waals surface area contributed by atoms with Crippen LogP contribution in [0.1, 0.15) is 38.1 Å². The van der Waals surface area contributed by atoms with E-state index in [0.717, 1.165) is 11.3 Å². The Hall–Kier alpha value is -2.56. The third kappa shape index (κ3) is 4.77. The van der Waals surface area contributed by atoms with Crippen molar-refractivity contribution in [1.29, 1.82) is 0 Å². The first-order valence-electron chi connectivity index (χ1n) is 9.95. The molecule has 1 aromatic carbocycles. The SMILES string of the molecule is Cc1ncc(Cl)nc1-c1ccc(NC(=O)C(C)(C)c2csc(NS(=O)(=O)C3CC3)n2)cc1. The molecule has 3 aromatic rings. The third-order valence-corrected chi connectivity index (χ3v) is 8.14. The van der Waals surface area contributed by atoms with Gasteiger partial charge in [-0.25, -0.2) is 18.4 Å². The molecule has 1 fully saturated rings. The minimum atomic E-state index is -3.39. The number of aromatic nitrogens is 3. The van der Waals surface area contributed by atoms with Gasteiger partial charge in [0.15, 0.2) is 5.13 Å². The van der Waals surface area contributed by atoms with Crippen molar-refractivity contribution in [2.75, 3.05) is 10.0 Å². The minimum Gasteiger partial charge on any atom is -0.325 e. The molecule has 0 radical (unpaired) electrons. The summed E-state index contributed by atoms with van der Waals surface area (Å²) >= 11 is 7.13. The zero-order chi connectivity index (χ0) is 23.1. The monoisotopic (exact) mass is 491 g/mol. The van der Waals surface area contributed by atoms with Crippen LogP contribution in [0, 0.1) is 6.92 Å². The molecule has 0 aliphatic heterocycles. The first kappa shape index (κ1) is 22.6. The van der Waals surface area contributed by atoms with E-state index < -0.39 is 15.4 Å². The van der Waals surface area contributed by atoms with Crippen molar-refractivity contribution in [3.05, 3.63) is 52.4 Å². The van der Waals surface area contributed by atoms with Crippen LogP contribution < -0.4 is 10.0 Å². The van der Waals surface area contributed by atoms with E-state index >= 15 is 0 Å². The molecule has 0 unspecified atom stereocenters. The molecule has 8 nitrogen and oxygen atoms in total. The van der Waals surface area contributed by atoms with Gasteiger partial charge in [0.2, 0.25) is 15.9 Å². The Morgan fingerprint density at radius 3 is 2.53 bits per heavy atom. The van der Waals surface area contributed by atoms with Crippen molar-refractivity contribution >= 4 is 49.7 Å². The standard InChI is InChI=1S/C21H22ClN5O3S2/c1-12-18(26-17(22)10-23-12)13-4-6-14(7-5-13)24-19(28)21(2,3)16-11-31-20(25-16)27-32(29,30)15-8-9-15/h4-7,10-11,15H,8-9H2,1-3H3,(H,24,28)(H,25,27). The average molecular weight is 492 g/mol. The highest BCUT2D eigenvalue weighted by Gasteiger charge is 2.37. The number of hydrogen-bond acceptors (Lipinski definition) is 7. The number of amides is 1. The van der Waals surface area contributed by atoms with Gasteiger partial charge in [0, 0.05) is 16.6 Å². The van der Waals surface area contributed by atoms with Gasteiger partial charge in [-0.3, -0.25) is 14.5 Å². The van der Waals surface area contributed by atoms with Gasteiger partial charge in [-0.2, -0.15) is 0 Å². The fourth-order valence-corrected chi connectivity index (χ4v) is 5.62. The largest absolute Gasteiger partial charge is 0.325 e. The number of aryl methyl sites for hydroxylation is 1. The first-order chi connectivity index (χ1) is 15.1. The van der Waals surface area contributed by atoms with Crippen LogP contribution in [0.4, 0.5) is 10.8 Å². The van der Waals surface area contributed by atoms with Crippen LogP contribution in [0.3, 0.4) is 0 Å². The molecule has 0 atom stereocenters. The number of thiazole rings is 1. The number of rotatable bonds is 7. The Morgan fingerprint density at radius 1 is 1.19 bits per heavy atom. The molecular formula is C21H22ClN5O3S2. The van der Waals surface area contributed by atoms with Gasteiger partial charge < -0.3 is 5.32 Å². The lowest BCUT2D eigenvalue weighted by molar-refractivity contribution is -0.120. The maximum absolute atomic E-state index is 13.0. The van der Waals surface area contributed by atoms with E-state index in [4.69, 9.17) is 11.6 Å². The second kappa shape index (κ2) is 8.42. The summed E-state index contributed by atoms with van der Waals surface area (Å²) in [7, 11) is -3.39. The zero-order valence-corrected chi connectivity index (χ0v) is 20.1. The molecule has 2 heterocycles. The van der Waals surface area contributed by atoms with Crippen molar-refractivity contribution in [3.63, 3.8) is 0 Å². The number of halogens is 1. The molecule has 32 heavy (non-hydrogen) atoms. The molecule has 2 N–H and O–H groups in total. The lowest BCUT2D eigenvalue weighted by Gasteiger charge is -2.21. The smallest absolute Gasteiger partial charge is 0.237 e. The minimum absolute atomic E-state index is 0.258. The lowest BCUT2D eigenvalue weighted by Crippen LogP contribution is -2.35. The predicted octanol–water partition coefficient (Wildman–Crippen LogP) is 4.38. The van der Waals surface area contributed by atoms with Crippen LogP contribution in [0.15, 0.2) is 35.8 Å². The van der Waals surface area contributed by atoms with Crippen molar-refractivity contribution in [3.8, 4) is 11.3 Å². The normalized spacial score (nSPS) is 14.2. The van der Waals surface area contributed by atoms with Crippen LogP contribution in [-0.2, 0) is 20.2 Å². The number of nitrogens with zero attached hydrogens (tertiary/aromatic N) is 3. The summed E-state index contributed by atoms with van der Waals surface area (Å²) in [4.78, 5) is 25.9. The molecule has 4 rings (SSSR count). The second-order valence-electron chi connectivity index (χ2n) is 8.17. The number of sulfonamides is 1. The van der Waals surface area contributed by atoms with Crippen molar-refractivity contribution in [1.82, 2.24) is 15.0 Å². The van der Waals surface area contributed by atoms with E-state index in [-0.39, 0.29) is 16.3 Å². The van der Waals surface area contributed by atoms with E-state index in [0.29, 0.717) is 35.1 Å². The van der Waals surface area contributed by atoms with Crippen LogP contribution in [0.25, 0.3) is 11.3 Å². The summed E-state index contributed by atoms with van der Waals surface area (Å²) in [6.07, 6.45) is 2.84. The van der Waals surface area contributed by atoms with Crippen LogP contribution >= 0.6 is 22.9 Å². The number of benzene rings is 1. The molecule has 1 aliphatic rings. The molecule has 1 aliphatic carbocycles. The summed E-state index contributed by atoms with van der Waals surface area (Å²) in [6.45, 7) is 5.34. The molecule has 1 saturated carbocycles. The number of carbonyl (C=O) groups excluding carboxylic acids is 1. The Morgan fingerprint density at radius 2 is 1.88 bits per heavy atom. The molecule has 2 aromatic heterocycles.